The van der Waals surface area contributed by atoms with Crippen LogP contribution in [-0.4, -0.2) is 69.3 Å². The van der Waals surface area contributed by atoms with Crippen molar-refractivity contribution in [3.8, 4) is 0 Å². The number of likely N-dealkylation sites (tertiary alicyclic amines) is 1. The highest BCUT2D eigenvalue weighted by molar-refractivity contribution is 5.29. The van der Waals surface area contributed by atoms with Crippen LogP contribution in [0.15, 0.2) is 24.3 Å². The number of nitrogens with one attached hydrogen (secondary N) is 1. The highest BCUT2D eigenvalue weighted by atomic mass is 16.5. The Hall–Kier alpha value is -0.940. The van der Waals surface area contributed by atoms with E-state index < -0.39 is 0 Å². The molecule has 2 fully saturated rings. The lowest BCUT2D eigenvalue weighted by molar-refractivity contribution is 0.0330. The summed E-state index contributed by atoms with van der Waals surface area (Å²) < 4.78 is 5.51. The third kappa shape index (κ3) is 5.03. The van der Waals surface area contributed by atoms with Gasteiger partial charge in [-0.3, -0.25) is 4.90 Å². The number of hydrogen-bond donors (Lipinski definition) is 1. The van der Waals surface area contributed by atoms with Crippen molar-refractivity contribution >= 4 is 0 Å². The quantitative estimate of drug-likeness (QED) is 0.866. The number of hydrogen-bond acceptors (Lipinski definition) is 4. The topological polar surface area (TPSA) is 27.7 Å². The van der Waals surface area contributed by atoms with Crippen LogP contribution in [-0.2, 0) is 4.74 Å². The third-order valence-corrected chi connectivity index (χ3v) is 5.60. The molecule has 4 heteroatoms. The lowest BCUT2D eigenvalue weighted by atomic mass is 9.95. The first-order chi connectivity index (χ1) is 11.7. The zero-order chi connectivity index (χ0) is 16.8. The smallest absolute Gasteiger partial charge is 0.0594 e. The molecule has 0 bridgehead atoms. The van der Waals surface area contributed by atoms with E-state index in [2.05, 4.69) is 53.4 Å². The van der Waals surface area contributed by atoms with Crippen LogP contribution >= 0.6 is 0 Å². The van der Waals surface area contributed by atoms with Crippen LogP contribution in [0.25, 0.3) is 0 Å². The minimum Gasteiger partial charge on any atom is -0.379 e. The first-order valence-electron chi connectivity index (χ1n) is 9.50. The molecule has 4 nitrogen and oxygen atoms in total. The van der Waals surface area contributed by atoms with Crippen LogP contribution in [0.4, 0.5) is 0 Å². The monoisotopic (exact) mass is 331 g/mol. The maximum atomic E-state index is 5.51. The molecule has 0 aromatic heterocycles. The molecule has 24 heavy (non-hydrogen) atoms. The number of nitrogens with zero attached hydrogens (tertiary/aromatic N) is 2. The second kappa shape index (κ2) is 8.95. The molecule has 1 N–H and O–H groups in total. The summed E-state index contributed by atoms with van der Waals surface area (Å²) in [6.45, 7) is 10.8. The summed E-state index contributed by atoms with van der Waals surface area (Å²) in [5.74, 6) is 0.817. The first kappa shape index (κ1) is 17.9. The van der Waals surface area contributed by atoms with Gasteiger partial charge in [-0.25, -0.2) is 0 Å². The molecule has 0 radical (unpaired) electrons. The van der Waals surface area contributed by atoms with Crippen molar-refractivity contribution in [2.24, 2.45) is 5.92 Å². The summed E-state index contributed by atoms with van der Waals surface area (Å²) in [7, 11) is 2.23. The maximum absolute atomic E-state index is 5.51. The lowest BCUT2D eigenvalue weighted by Gasteiger charge is -2.34. The highest BCUT2D eigenvalue weighted by Gasteiger charge is 2.22. The van der Waals surface area contributed by atoms with Gasteiger partial charge in [-0.15, -0.1) is 0 Å². The average Bonchev–Trinajstić information content (AvgIpc) is 2.61. The van der Waals surface area contributed by atoms with Crippen LogP contribution in [0.5, 0.6) is 0 Å². The van der Waals surface area contributed by atoms with Gasteiger partial charge in [0.1, 0.15) is 0 Å². The fourth-order valence-corrected chi connectivity index (χ4v) is 3.87. The second-order valence-electron chi connectivity index (χ2n) is 7.48. The molecule has 0 amide bonds. The largest absolute Gasteiger partial charge is 0.379 e. The van der Waals surface area contributed by atoms with E-state index in [9.17, 15) is 0 Å². The molecule has 2 aliphatic heterocycles. The summed E-state index contributed by atoms with van der Waals surface area (Å²) in [5.41, 5.74) is 2.85. The molecule has 0 aliphatic carbocycles. The molecule has 3 rings (SSSR count). The van der Waals surface area contributed by atoms with E-state index in [0.29, 0.717) is 6.04 Å². The van der Waals surface area contributed by atoms with Crippen molar-refractivity contribution in [3.63, 3.8) is 0 Å². The average molecular weight is 332 g/mol. The summed E-state index contributed by atoms with van der Waals surface area (Å²) in [6, 6.07) is 9.26. The van der Waals surface area contributed by atoms with Crippen LogP contribution in [0, 0.1) is 12.8 Å². The predicted octanol–water partition coefficient (Wildman–Crippen LogP) is 2.30. The first-order valence-corrected chi connectivity index (χ1v) is 9.50. The van der Waals surface area contributed by atoms with E-state index in [1.807, 2.05) is 0 Å². The van der Waals surface area contributed by atoms with Gasteiger partial charge in [0.05, 0.1) is 13.2 Å². The normalized spacial score (nSPS) is 22.6. The number of morpholine rings is 1. The van der Waals surface area contributed by atoms with Crippen molar-refractivity contribution < 1.29 is 4.74 Å². The van der Waals surface area contributed by atoms with Gasteiger partial charge in [-0.1, -0.05) is 24.3 Å². The molecule has 1 aromatic carbocycles. The third-order valence-electron chi connectivity index (χ3n) is 5.60. The van der Waals surface area contributed by atoms with E-state index in [-0.39, 0.29) is 0 Å². The van der Waals surface area contributed by atoms with E-state index in [4.69, 9.17) is 4.74 Å². The van der Waals surface area contributed by atoms with E-state index in [1.54, 1.807) is 0 Å². The van der Waals surface area contributed by atoms with Gasteiger partial charge in [0.15, 0.2) is 0 Å². The predicted molar refractivity (Wildman–Crippen MR) is 99.4 cm³/mol. The fraction of sp³-hybridized carbons (Fsp3) is 0.700. The van der Waals surface area contributed by atoms with Gasteiger partial charge in [-0.05, 0) is 63.5 Å². The number of aryl methyl sites for hydroxylation is 1. The van der Waals surface area contributed by atoms with Crippen molar-refractivity contribution in [1.29, 1.82) is 0 Å². The van der Waals surface area contributed by atoms with Crippen LogP contribution in [0.3, 0.4) is 0 Å². The number of rotatable bonds is 6. The molecule has 1 unspecified atom stereocenters. The Morgan fingerprint density at radius 2 is 1.83 bits per heavy atom. The minimum absolute atomic E-state index is 0.420. The Bertz CT molecular complexity index is 493. The van der Waals surface area contributed by atoms with Crippen molar-refractivity contribution in [2.75, 3.05) is 59.5 Å². The van der Waals surface area contributed by atoms with Crippen molar-refractivity contribution in [1.82, 2.24) is 15.1 Å². The van der Waals surface area contributed by atoms with Gasteiger partial charge in [0.2, 0.25) is 0 Å². The molecule has 2 aliphatic rings. The molecular weight excluding hydrogens is 298 g/mol. The molecule has 0 spiro atoms. The zero-order valence-corrected chi connectivity index (χ0v) is 15.3. The summed E-state index contributed by atoms with van der Waals surface area (Å²) >= 11 is 0. The van der Waals surface area contributed by atoms with Gasteiger partial charge in [-0.2, -0.15) is 0 Å². The van der Waals surface area contributed by atoms with Gasteiger partial charge in [0, 0.05) is 25.7 Å². The lowest BCUT2D eigenvalue weighted by Crippen LogP contribution is -2.43. The second-order valence-corrected chi connectivity index (χ2v) is 7.48. The van der Waals surface area contributed by atoms with Crippen LogP contribution in [0.1, 0.15) is 30.0 Å². The van der Waals surface area contributed by atoms with Crippen LogP contribution in [0.2, 0.25) is 0 Å². The Labute approximate surface area is 147 Å². The molecule has 0 saturated carbocycles. The van der Waals surface area contributed by atoms with E-state index >= 15 is 0 Å². The van der Waals surface area contributed by atoms with Gasteiger partial charge >= 0.3 is 0 Å². The number of ether oxygens (including phenoxy) is 1. The molecule has 134 valence electrons. The Morgan fingerprint density at radius 1 is 1.12 bits per heavy atom. The number of piperidine rings is 1. The van der Waals surface area contributed by atoms with Crippen molar-refractivity contribution in [3.05, 3.63) is 35.4 Å². The summed E-state index contributed by atoms with van der Waals surface area (Å²) in [6.07, 6.45) is 2.64. The molecular formula is C20H33N3O. The molecule has 1 atom stereocenters. The maximum Gasteiger partial charge on any atom is 0.0594 e. The molecule has 1 aromatic rings. The Balaban J connectivity index is 1.61. The summed E-state index contributed by atoms with van der Waals surface area (Å²) in [4.78, 5) is 4.99. The van der Waals surface area contributed by atoms with Gasteiger partial charge < -0.3 is 15.0 Å². The highest BCUT2D eigenvalue weighted by Crippen LogP contribution is 2.21. The van der Waals surface area contributed by atoms with Crippen molar-refractivity contribution in [2.45, 2.75) is 25.8 Å². The van der Waals surface area contributed by atoms with E-state index in [1.165, 1.54) is 37.1 Å². The fourth-order valence-electron chi connectivity index (χ4n) is 3.87. The Morgan fingerprint density at radius 3 is 2.54 bits per heavy atom. The summed E-state index contributed by atoms with van der Waals surface area (Å²) in [5, 5.41) is 3.91. The zero-order valence-electron chi connectivity index (χ0n) is 15.3. The van der Waals surface area contributed by atoms with E-state index in [0.717, 1.165) is 45.3 Å². The minimum atomic E-state index is 0.420. The number of benzene rings is 1. The molecule has 2 saturated heterocycles. The SMILES string of the molecule is Cc1ccccc1C(CN1CCOCC1)NCC1CCN(C)CC1. The van der Waals surface area contributed by atoms with Crippen LogP contribution < -0.4 is 5.32 Å². The molecule has 2 heterocycles. The Kier molecular flexibility index (Phi) is 6.67. The standard InChI is InChI=1S/C20H33N3O/c1-17-5-3-4-6-19(17)20(16-23-11-13-24-14-12-23)21-15-18-7-9-22(2)10-8-18/h3-6,18,20-21H,7-16H2,1-2H3. The van der Waals surface area contributed by atoms with Gasteiger partial charge in [0.25, 0.3) is 0 Å².